The Hall–Kier alpha value is -2.03. The highest BCUT2D eigenvalue weighted by atomic mass is 16.4. The molecule has 1 heterocycles. The summed E-state index contributed by atoms with van der Waals surface area (Å²) in [5.41, 5.74) is 2.68. The second-order valence-electron chi connectivity index (χ2n) is 3.37. The van der Waals surface area contributed by atoms with Gasteiger partial charge in [-0.3, -0.25) is 0 Å². The maximum absolute atomic E-state index is 11.1. The maximum atomic E-state index is 11.1. The van der Waals surface area contributed by atoms with Crippen molar-refractivity contribution >= 4 is 5.97 Å². The average Bonchev–Trinajstić information content (AvgIpc) is 2.61. The van der Waals surface area contributed by atoms with Crippen LogP contribution in [-0.4, -0.2) is 16.1 Å². The van der Waals surface area contributed by atoms with Gasteiger partial charge in [0.15, 0.2) is 0 Å². The first kappa shape index (κ1) is 9.52. The fourth-order valence-corrected chi connectivity index (χ4v) is 1.65. The zero-order chi connectivity index (χ0) is 10.8. The largest absolute Gasteiger partial charge is 0.478 e. The molecule has 0 atom stereocenters. The van der Waals surface area contributed by atoms with Crippen LogP contribution in [0.4, 0.5) is 0 Å². The zero-order valence-corrected chi connectivity index (χ0v) is 8.32. The molecule has 0 aliphatic rings. The average molecular weight is 201 g/mol. The Morgan fingerprint density at radius 3 is 2.53 bits per heavy atom. The van der Waals surface area contributed by atoms with Crippen molar-refractivity contribution in [2.24, 2.45) is 0 Å². The van der Waals surface area contributed by atoms with Gasteiger partial charge < -0.3 is 10.1 Å². The summed E-state index contributed by atoms with van der Waals surface area (Å²) in [6.45, 7) is 1.76. The Kier molecular flexibility index (Phi) is 2.29. The number of carbonyl (C=O) groups is 1. The number of benzene rings is 1. The third-order valence-electron chi connectivity index (χ3n) is 2.38. The highest BCUT2D eigenvalue weighted by Gasteiger charge is 2.15. The second kappa shape index (κ2) is 3.61. The number of hydrogen-bond donors (Lipinski definition) is 2. The van der Waals surface area contributed by atoms with Gasteiger partial charge in [0.1, 0.15) is 0 Å². The smallest absolute Gasteiger partial charge is 0.338 e. The summed E-state index contributed by atoms with van der Waals surface area (Å²) in [5.74, 6) is -0.896. The van der Waals surface area contributed by atoms with E-state index in [9.17, 15) is 4.79 Å². The van der Waals surface area contributed by atoms with E-state index in [0.717, 1.165) is 11.1 Å². The number of aromatic amines is 1. The Balaban J connectivity index is 2.59. The number of nitrogens with one attached hydrogen (secondary N) is 1. The summed E-state index contributed by atoms with van der Waals surface area (Å²) in [4.78, 5) is 14.0. The van der Waals surface area contributed by atoms with E-state index in [-0.39, 0.29) is 0 Å². The molecule has 0 saturated carbocycles. The number of rotatable bonds is 2. The Labute approximate surface area is 87.4 Å². The quantitative estimate of drug-likeness (QED) is 0.784. The number of carboxylic acid groups (broad SMARTS) is 1. The monoisotopic (exact) mass is 201 g/mol. The van der Waals surface area contributed by atoms with Crippen LogP contribution in [0.3, 0.4) is 0 Å². The van der Waals surface area contributed by atoms with Gasteiger partial charge in [0, 0.05) is 17.5 Å². The molecule has 1 aromatic carbocycles. The van der Waals surface area contributed by atoms with Crippen LogP contribution in [0.25, 0.3) is 11.1 Å². The van der Waals surface area contributed by atoms with Crippen molar-refractivity contribution in [1.82, 2.24) is 4.98 Å². The number of aromatic carboxylic acids is 1. The predicted octanol–water partition coefficient (Wildman–Crippen LogP) is 2.69. The first-order valence-electron chi connectivity index (χ1n) is 4.67. The van der Waals surface area contributed by atoms with E-state index in [0.29, 0.717) is 11.3 Å². The molecule has 0 aliphatic carbocycles. The highest BCUT2D eigenvalue weighted by Crippen LogP contribution is 2.25. The molecule has 3 nitrogen and oxygen atoms in total. The molecule has 0 spiro atoms. The molecule has 0 unspecified atom stereocenters. The lowest BCUT2D eigenvalue weighted by Crippen LogP contribution is -1.98. The number of hydrogen-bond acceptors (Lipinski definition) is 1. The Bertz CT molecular complexity index is 486. The van der Waals surface area contributed by atoms with Crippen LogP contribution in [0, 0.1) is 6.92 Å². The van der Waals surface area contributed by atoms with Gasteiger partial charge in [-0.2, -0.15) is 0 Å². The van der Waals surface area contributed by atoms with Gasteiger partial charge in [-0.15, -0.1) is 0 Å². The second-order valence-corrected chi connectivity index (χ2v) is 3.37. The third kappa shape index (κ3) is 1.64. The van der Waals surface area contributed by atoms with Crippen molar-refractivity contribution < 1.29 is 9.90 Å². The predicted molar refractivity (Wildman–Crippen MR) is 57.9 cm³/mol. The fourth-order valence-electron chi connectivity index (χ4n) is 1.65. The molecule has 0 aliphatic heterocycles. The number of aryl methyl sites for hydroxylation is 1. The van der Waals surface area contributed by atoms with Crippen molar-refractivity contribution in [3.63, 3.8) is 0 Å². The molecule has 76 valence electrons. The summed E-state index contributed by atoms with van der Waals surface area (Å²) >= 11 is 0. The molecule has 0 radical (unpaired) electrons. The van der Waals surface area contributed by atoms with Crippen LogP contribution < -0.4 is 0 Å². The standard InChI is InChI=1S/C12H11NO2/c1-8-11(12(14)15)10(7-13-8)9-5-3-2-4-6-9/h2-7,13H,1H3,(H,14,15). The lowest BCUT2D eigenvalue weighted by molar-refractivity contribution is 0.0697. The molecular formula is C12H11NO2. The molecule has 15 heavy (non-hydrogen) atoms. The van der Waals surface area contributed by atoms with E-state index >= 15 is 0 Å². The summed E-state index contributed by atoms with van der Waals surface area (Å²) < 4.78 is 0. The molecule has 0 saturated heterocycles. The van der Waals surface area contributed by atoms with Crippen LogP contribution in [0.15, 0.2) is 36.5 Å². The van der Waals surface area contributed by atoms with E-state index in [1.165, 1.54) is 0 Å². The normalized spacial score (nSPS) is 10.2. The number of carboxylic acids is 1. The zero-order valence-electron chi connectivity index (χ0n) is 8.32. The van der Waals surface area contributed by atoms with Crippen molar-refractivity contribution in [3.8, 4) is 11.1 Å². The van der Waals surface area contributed by atoms with Crippen molar-refractivity contribution in [2.75, 3.05) is 0 Å². The Morgan fingerprint density at radius 1 is 1.27 bits per heavy atom. The van der Waals surface area contributed by atoms with Crippen molar-refractivity contribution in [1.29, 1.82) is 0 Å². The van der Waals surface area contributed by atoms with E-state index in [2.05, 4.69) is 4.98 Å². The molecule has 3 heteroatoms. The molecule has 2 aromatic rings. The van der Waals surface area contributed by atoms with Crippen LogP contribution in [0.5, 0.6) is 0 Å². The third-order valence-corrected chi connectivity index (χ3v) is 2.38. The highest BCUT2D eigenvalue weighted by molar-refractivity contribution is 5.97. The molecule has 2 N–H and O–H groups in total. The first-order chi connectivity index (χ1) is 7.20. The topological polar surface area (TPSA) is 53.1 Å². The molecular weight excluding hydrogens is 190 g/mol. The van der Waals surface area contributed by atoms with Gasteiger partial charge in [-0.1, -0.05) is 30.3 Å². The van der Waals surface area contributed by atoms with Crippen LogP contribution >= 0.6 is 0 Å². The lowest BCUT2D eigenvalue weighted by atomic mass is 10.0. The number of aromatic nitrogens is 1. The lowest BCUT2D eigenvalue weighted by Gasteiger charge is -2.00. The van der Waals surface area contributed by atoms with E-state index in [1.54, 1.807) is 13.1 Å². The van der Waals surface area contributed by atoms with Crippen molar-refractivity contribution in [2.45, 2.75) is 6.92 Å². The minimum atomic E-state index is -0.896. The minimum Gasteiger partial charge on any atom is -0.478 e. The summed E-state index contributed by atoms with van der Waals surface area (Å²) in [6, 6.07) is 9.49. The van der Waals surface area contributed by atoms with Crippen LogP contribution in [0.1, 0.15) is 16.1 Å². The summed E-state index contributed by atoms with van der Waals surface area (Å²) in [5, 5.41) is 9.08. The SMILES string of the molecule is Cc1[nH]cc(-c2ccccc2)c1C(=O)O. The minimum absolute atomic E-state index is 0.348. The molecule has 2 rings (SSSR count). The molecule has 0 fully saturated rings. The summed E-state index contributed by atoms with van der Waals surface area (Å²) in [6.07, 6.45) is 1.73. The molecule has 0 bridgehead atoms. The van der Waals surface area contributed by atoms with Crippen molar-refractivity contribution in [3.05, 3.63) is 47.8 Å². The fraction of sp³-hybridized carbons (Fsp3) is 0.0833. The van der Waals surface area contributed by atoms with Gasteiger partial charge >= 0.3 is 5.97 Å². The van der Waals surface area contributed by atoms with Crippen LogP contribution in [0.2, 0.25) is 0 Å². The Morgan fingerprint density at radius 2 is 1.93 bits per heavy atom. The van der Waals surface area contributed by atoms with Gasteiger partial charge in [0.05, 0.1) is 5.56 Å². The van der Waals surface area contributed by atoms with Gasteiger partial charge in [0.2, 0.25) is 0 Å². The van der Waals surface area contributed by atoms with Gasteiger partial charge in [0.25, 0.3) is 0 Å². The van der Waals surface area contributed by atoms with Gasteiger partial charge in [-0.05, 0) is 12.5 Å². The molecule has 1 aromatic heterocycles. The maximum Gasteiger partial charge on any atom is 0.338 e. The molecule has 0 amide bonds. The summed E-state index contributed by atoms with van der Waals surface area (Å²) in [7, 11) is 0. The first-order valence-corrected chi connectivity index (χ1v) is 4.67. The van der Waals surface area contributed by atoms with E-state index in [1.807, 2.05) is 30.3 Å². The number of H-pyrrole nitrogens is 1. The van der Waals surface area contributed by atoms with E-state index in [4.69, 9.17) is 5.11 Å². The van der Waals surface area contributed by atoms with E-state index < -0.39 is 5.97 Å². The van der Waals surface area contributed by atoms with Gasteiger partial charge in [-0.25, -0.2) is 4.79 Å². The van der Waals surface area contributed by atoms with Crippen LogP contribution in [-0.2, 0) is 0 Å².